The summed E-state index contributed by atoms with van der Waals surface area (Å²) in [5.41, 5.74) is 2.99. The summed E-state index contributed by atoms with van der Waals surface area (Å²) in [6.45, 7) is 5.11. The molecule has 0 fully saturated rings. The lowest BCUT2D eigenvalue weighted by atomic mass is 10.1. The van der Waals surface area contributed by atoms with Crippen LogP contribution in [0.5, 0.6) is 11.5 Å². The first-order chi connectivity index (χ1) is 14.1. The minimum atomic E-state index is -0.0179. The van der Waals surface area contributed by atoms with E-state index in [0.717, 1.165) is 64.9 Å². The Morgan fingerprint density at radius 3 is 2.90 bits per heavy atom. The molecule has 5 nitrogen and oxygen atoms in total. The van der Waals surface area contributed by atoms with E-state index >= 15 is 0 Å². The van der Waals surface area contributed by atoms with E-state index < -0.39 is 0 Å². The second-order valence-electron chi connectivity index (χ2n) is 7.39. The molecule has 1 aromatic heterocycles. The summed E-state index contributed by atoms with van der Waals surface area (Å²) in [6, 6.07) is 15.9. The number of hydrogen-bond acceptors (Lipinski definition) is 5. The minimum Gasteiger partial charge on any atom is -0.486 e. The molecule has 0 saturated carbocycles. The molecule has 0 saturated heterocycles. The van der Waals surface area contributed by atoms with Crippen LogP contribution in [-0.4, -0.2) is 44.4 Å². The first kappa shape index (κ1) is 19.8. The number of fused-ring (bicyclic) bond motifs is 3. The van der Waals surface area contributed by atoms with Gasteiger partial charge >= 0.3 is 0 Å². The third-order valence-corrected chi connectivity index (χ3v) is 5.44. The number of nitrogens with zero attached hydrogens (tertiary/aromatic N) is 2. The maximum absolute atomic E-state index is 6.26. The molecule has 0 radical (unpaired) electrons. The van der Waals surface area contributed by atoms with Gasteiger partial charge in [0.1, 0.15) is 12.7 Å². The molecule has 6 heteroatoms. The number of rotatable bonds is 7. The highest BCUT2D eigenvalue weighted by Crippen LogP contribution is 2.38. The standard InChI is InChI=1S/C23H26ClN3O2/c1-16-8-9-18-20(26-16)10-11-22-23(18)29-17(15-28-22)14-25-12-5-13-27(2)21-7-4-3-6-19(21)24/h3-4,6-11,17,25H,5,12-15H2,1-2H3. The monoisotopic (exact) mass is 411 g/mol. The molecule has 1 atom stereocenters. The van der Waals surface area contributed by atoms with Crippen molar-refractivity contribution >= 4 is 28.2 Å². The molecule has 3 aromatic rings. The molecule has 0 aliphatic carbocycles. The Kier molecular flexibility index (Phi) is 6.07. The summed E-state index contributed by atoms with van der Waals surface area (Å²) in [5.74, 6) is 1.59. The number of aromatic nitrogens is 1. The van der Waals surface area contributed by atoms with Gasteiger partial charge < -0.3 is 19.7 Å². The van der Waals surface area contributed by atoms with E-state index in [0.29, 0.717) is 6.61 Å². The first-order valence-corrected chi connectivity index (χ1v) is 10.4. The molecule has 2 heterocycles. The van der Waals surface area contributed by atoms with Crippen LogP contribution in [0.15, 0.2) is 48.5 Å². The molecule has 1 N–H and O–H groups in total. The van der Waals surface area contributed by atoms with Crippen LogP contribution >= 0.6 is 11.6 Å². The van der Waals surface area contributed by atoms with Crippen molar-refractivity contribution in [2.45, 2.75) is 19.4 Å². The Bertz CT molecular complexity index is 995. The van der Waals surface area contributed by atoms with E-state index in [-0.39, 0.29) is 6.10 Å². The van der Waals surface area contributed by atoms with Crippen LogP contribution in [0.3, 0.4) is 0 Å². The Balaban J connectivity index is 1.27. The SMILES string of the molecule is Cc1ccc2c3c(ccc2n1)OCC(CNCCCN(C)c1ccccc1Cl)O3. The van der Waals surface area contributed by atoms with Crippen LogP contribution in [0.4, 0.5) is 5.69 Å². The zero-order valence-electron chi connectivity index (χ0n) is 16.8. The highest BCUT2D eigenvalue weighted by atomic mass is 35.5. The Hall–Kier alpha value is -2.50. The molecule has 0 amide bonds. The predicted molar refractivity (Wildman–Crippen MR) is 119 cm³/mol. The topological polar surface area (TPSA) is 46.6 Å². The van der Waals surface area contributed by atoms with Crippen LogP contribution in [0, 0.1) is 6.92 Å². The van der Waals surface area contributed by atoms with Gasteiger partial charge in [0.05, 0.1) is 16.2 Å². The van der Waals surface area contributed by atoms with Crippen molar-refractivity contribution in [3.05, 3.63) is 59.2 Å². The van der Waals surface area contributed by atoms with E-state index in [9.17, 15) is 0 Å². The Labute approximate surface area is 176 Å². The van der Waals surface area contributed by atoms with Gasteiger partial charge in [-0.1, -0.05) is 23.7 Å². The van der Waals surface area contributed by atoms with E-state index in [1.54, 1.807) is 0 Å². The van der Waals surface area contributed by atoms with Gasteiger partial charge in [0.25, 0.3) is 0 Å². The molecule has 4 rings (SSSR count). The third-order valence-electron chi connectivity index (χ3n) is 5.12. The number of hydrogen-bond donors (Lipinski definition) is 1. The summed E-state index contributed by atoms with van der Waals surface area (Å²) in [5, 5.41) is 5.27. The number of pyridine rings is 1. The number of aryl methyl sites for hydroxylation is 1. The average molecular weight is 412 g/mol. The third kappa shape index (κ3) is 4.57. The minimum absolute atomic E-state index is 0.0179. The Morgan fingerprint density at radius 2 is 2.03 bits per heavy atom. The lowest BCUT2D eigenvalue weighted by molar-refractivity contribution is 0.0925. The lowest BCUT2D eigenvalue weighted by Gasteiger charge is -2.28. The number of anilines is 1. The quantitative estimate of drug-likeness (QED) is 0.582. The molecule has 1 unspecified atom stereocenters. The van der Waals surface area contributed by atoms with E-state index in [4.69, 9.17) is 21.1 Å². The second-order valence-corrected chi connectivity index (χ2v) is 7.80. The molecule has 0 bridgehead atoms. The maximum atomic E-state index is 6.26. The van der Waals surface area contributed by atoms with Crippen molar-refractivity contribution in [2.75, 3.05) is 38.2 Å². The van der Waals surface area contributed by atoms with Gasteiger partial charge in [-0.15, -0.1) is 0 Å². The number of para-hydroxylation sites is 1. The van der Waals surface area contributed by atoms with Crippen LogP contribution < -0.4 is 19.7 Å². The van der Waals surface area contributed by atoms with Gasteiger partial charge in [-0.05, 0) is 56.3 Å². The van der Waals surface area contributed by atoms with Gasteiger partial charge in [-0.25, -0.2) is 0 Å². The van der Waals surface area contributed by atoms with E-state index in [1.165, 1.54) is 0 Å². The van der Waals surface area contributed by atoms with Crippen molar-refractivity contribution in [2.24, 2.45) is 0 Å². The highest BCUT2D eigenvalue weighted by molar-refractivity contribution is 6.33. The summed E-state index contributed by atoms with van der Waals surface area (Å²) in [4.78, 5) is 6.76. The molecular formula is C23H26ClN3O2. The Morgan fingerprint density at radius 1 is 1.17 bits per heavy atom. The maximum Gasteiger partial charge on any atom is 0.171 e. The summed E-state index contributed by atoms with van der Waals surface area (Å²) < 4.78 is 12.2. The van der Waals surface area contributed by atoms with Crippen molar-refractivity contribution < 1.29 is 9.47 Å². The number of halogens is 1. The van der Waals surface area contributed by atoms with E-state index in [1.807, 2.05) is 49.4 Å². The predicted octanol–water partition coefficient (Wildman–Crippen LogP) is 4.45. The number of nitrogens with one attached hydrogen (secondary N) is 1. The fourth-order valence-corrected chi connectivity index (χ4v) is 3.84. The first-order valence-electron chi connectivity index (χ1n) is 9.98. The largest absolute Gasteiger partial charge is 0.486 e. The van der Waals surface area contributed by atoms with Gasteiger partial charge in [-0.3, -0.25) is 4.98 Å². The van der Waals surface area contributed by atoms with Crippen LogP contribution in [0.2, 0.25) is 5.02 Å². The van der Waals surface area contributed by atoms with Crippen LogP contribution in [0.1, 0.15) is 12.1 Å². The van der Waals surface area contributed by atoms with Crippen LogP contribution in [-0.2, 0) is 0 Å². The number of benzene rings is 2. The van der Waals surface area contributed by atoms with Crippen molar-refractivity contribution in [3.8, 4) is 11.5 Å². The molecule has 2 aromatic carbocycles. The van der Waals surface area contributed by atoms with Crippen molar-refractivity contribution in [1.82, 2.24) is 10.3 Å². The highest BCUT2D eigenvalue weighted by Gasteiger charge is 2.23. The molecule has 152 valence electrons. The van der Waals surface area contributed by atoms with Gasteiger partial charge in [0.2, 0.25) is 0 Å². The van der Waals surface area contributed by atoms with E-state index in [2.05, 4.69) is 28.3 Å². The zero-order chi connectivity index (χ0) is 20.2. The molecule has 1 aliphatic heterocycles. The lowest BCUT2D eigenvalue weighted by Crippen LogP contribution is -2.39. The summed E-state index contributed by atoms with van der Waals surface area (Å²) in [7, 11) is 2.07. The summed E-state index contributed by atoms with van der Waals surface area (Å²) >= 11 is 6.26. The second kappa shape index (κ2) is 8.89. The normalized spacial score (nSPS) is 15.5. The van der Waals surface area contributed by atoms with Crippen molar-refractivity contribution in [1.29, 1.82) is 0 Å². The van der Waals surface area contributed by atoms with Gasteiger partial charge in [0, 0.05) is 31.2 Å². The van der Waals surface area contributed by atoms with Gasteiger partial charge in [0.15, 0.2) is 11.5 Å². The van der Waals surface area contributed by atoms with Crippen molar-refractivity contribution in [3.63, 3.8) is 0 Å². The molecule has 0 spiro atoms. The molecule has 29 heavy (non-hydrogen) atoms. The summed E-state index contributed by atoms with van der Waals surface area (Å²) in [6.07, 6.45) is 0.994. The number of ether oxygens (including phenoxy) is 2. The van der Waals surface area contributed by atoms with Crippen LogP contribution in [0.25, 0.3) is 10.9 Å². The fraction of sp³-hybridized carbons (Fsp3) is 0.348. The zero-order valence-corrected chi connectivity index (χ0v) is 17.6. The molecule has 1 aliphatic rings. The molecular weight excluding hydrogens is 386 g/mol. The fourth-order valence-electron chi connectivity index (χ4n) is 3.56. The average Bonchev–Trinajstić information content (AvgIpc) is 2.73. The van der Waals surface area contributed by atoms with Gasteiger partial charge in [-0.2, -0.15) is 0 Å². The smallest absolute Gasteiger partial charge is 0.171 e.